The van der Waals surface area contributed by atoms with Gasteiger partial charge in [-0.05, 0) is 50.4 Å². The molecule has 1 saturated heterocycles. The molecule has 0 radical (unpaired) electrons. The van der Waals surface area contributed by atoms with E-state index < -0.39 is 5.69 Å². The molecule has 1 aliphatic rings. The number of esters is 1. The average Bonchev–Trinajstić information content (AvgIpc) is 2.79. The van der Waals surface area contributed by atoms with Gasteiger partial charge in [-0.1, -0.05) is 42.0 Å². The number of likely N-dealkylation sites (tertiary alicyclic amines) is 1. The first-order chi connectivity index (χ1) is 15.5. The van der Waals surface area contributed by atoms with E-state index in [1.807, 2.05) is 13.0 Å². The van der Waals surface area contributed by atoms with Crippen molar-refractivity contribution in [1.82, 2.24) is 14.5 Å². The maximum atomic E-state index is 12.8. The molecule has 4 rings (SSSR count). The van der Waals surface area contributed by atoms with Crippen molar-refractivity contribution in [2.75, 3.05) is 26.2 Å². The van der Waals surface area contributed by atoms with Crippen LogP contribution in [0.15, 0.2) is 58.1 Å². The number of nitrogens with one attached hydrogen (secondary N) is 1. The Labute approximate surface area is 186 Å². The molecule has 1 fully saturated rings. The van der Waals surface area contributed by atoms with Crippen LogP contribution in [0.3, 0.4) is 0 Å². The number of rotatable bonds is 6. The number of aromatic nitrogens is 2. The Balaban J connectivity index is 1.52. The lowest BCUT2D eigenvalue weighted by Gasteiger charge is -2.37. The van der Waals surface area contributed by atoms with Gasteiger partial charge in [0.15, 0.2) is 0 Å². The SMILES string of the molecule is CCOC(=O)[C@H]1CN(CCn2c(=O)[nH]c3ccccc3c2=O)CC[C@H]1c1cccc(C)c1. The van der Waals surface area contributed by atoms with Crippen molar-refractivity contribution in [3.8, 4) is 0 Å². The maximum absolute atomic E-state index is 12.8. The molecule has 0 aliphatic carbocycles. The molecule has 7 nitrogen and oxygen atoms in total. The number of fused-ring (bicyclic) bond motifs is 1. The number of benzene rings is 2. The van der Waals surface area contributed by atoms with Gasteiger partial charge in [-0.15, -0.1) is 0 Å². The van der Waals surface area contributed by atoms with Gasteiger partial charge in [-0.2, -0.15) is 0 Å². The molecule has 3 aromatic rings. The number of piperidine rings is 1. The summed E-state index contributed by atoms with van der Waals surface area (Å²) in [5, 5.41) is 0.495. The summed E-state index contributed by atoms with van der Waals surface area (Å²) in [4.78, 5) is 43.0. The Morgan fingerprint density at radius 3 is 2.72 bits per heavy atom. The number of H-pyrrole nitrogens is 1. The summed E-state index contributed by atoms with van der Waals surface area (Å²) < 4.78 is 6.63. The third kappa shape index (κ3) is 4.53. The van der Waals surface area contributed by atoms with Crippen molar-refractivity contribution in [2.24, 2.45) is 5.92 Å². The first kappa shape index (κ1) is 22.0. The third-order valence-corrected chi connectivity index (χ3v) is 6.29. The molecule has 168 valence electrons. The van der Waals surface area contributed by atoms with E-state index in [9.17, 15) is 14.4 Å². The van der Waals surface area contributed by atoms with Crippen LogP contribution in [0, 0.1) is 12.8 Å². The van der Waals surface area contributed by atoms with Crippen molar-refractivity contribution >= 4 is 16.9 Å². The Kier molecular flexibility index (Phi) is 6.55. The van der Waals surface area contributed by atoms with E-state index in [-0.39, 0.29) is 29.9 Å². The molecule has 0 saturated carbocycles. The molecule has 0 amide bonds. The quantitative estimate of drug-likeness (QED) is 0.602. The third-order valence-electron chi connectivity index (χ3n) is 6.29. The first-order valence-corrected chi connectivity index (χ1v) is 11.2. The number of hydrogen-bond donors (Lipinski definition) is 1. The lowest BCUT2D eigenvalue weighted by Crippen LogP contribution is -2.46. The van der Waals surface area contributed by atoms with Crippen molar-refractivity contribution in [1.29, 1.82) is 0 Å². The minimum atomic E-state index is -0.412. The van der Waals surface area contributed by atoms with Gasteiger partial charge in [0.1, 0.15) is 0 Å². The van der Waals surface area contributed by atoms with Crippen molar-refractivity contribution in [2.45, 2.75) is 32.7 Å². The highest BCUT2D eigenvalue weighted by molar-refractivity contribution is 5.77. The number of para-hydroxylation sites is 1. The number of hydrogen-bond acceptors (Lipinski definition) is 5. The van der Waals surface area contributed by atoms with Crippen LogP contribution < -0.4 is 11.2 Å². The number of aryl methyl sites for hydroxylation is 1. The zero-order valence-electron chi connectivity index (χ0n) is 18.5. The second kappa shape index (κ2) is 9.53. The Hall–Kier alpha value is -3.19. The molecule has 32 heavy (non-hydrogen) atoms. The van der Waals surface area contributed by atoms with Gasteiger partial charge in [-0.3, -0.25) is 14.2 Å². The zero-order chi connectivity index (χ0) is 22.7. The molecule has 1 aromatic heterocycles. The molecule has 0 spiro atoms. The monoisotopic (exact) mass is 435 g/mol. The fourth-order valence-corrected chi connectivity index (χ4v) is 4.65. The van der Waals surface area contributed by atoms with E-state index in [0.717, 1.165) is 18.5 Å². The van der Waals surface area contributed by atoms with E-state index in [1.165, 1.54) is 10.1 Å². The van der Waals surface area contributed by atoms with Crippen LogP contribution >= 0.6 is 0 Å². The highest BCUT2D eigenvalue weighted by Gasteiger charge is 2.36. The van der Waals surface area contributed by atoms with Gasteiger partial charge in [-0.25, -0.2) is 4.79 Å². The zero-order valence-corrected chi connectivity index (χ0v) is 18.5. The fourth-order valence-electron chi connectivity index (χ4n) is 4.65. The van der Waals surface area contributed by atoms with Crippen LogP contribution in [-0.2, 0) is 16.1 Å². The fraction of sp³-hybridized carbons (Fsp3) is 0.400. The Morgan fingerprint density at radius 2 is 1.94 bits per heavy atom. The van der Waals surface area contributed by atoms with Crippen molar-refractivity contribution in [3.05, 3.63) is 80.5 Å². The maximum Gasteiger partial charge on any atom is 0.328 e. The molecule has 0 bridgehead atoms. The summed E-state index contributed by atoms with van der Waals surface area (Å²) in [6.07, 6.45) is 0.815. The minimum Gasteiger partial charge on any atom is -0.466 e. The Morgan fingerprint density at radius 1 is 1.12 bits per heavy atom. The number of aromatic amines is 1. The summed E-state index contributed by atoms with van der Waals surface area (Å²) in [7, 11) is 0. The second-order valence-electron chi connectivity index (χ2n) is 8.40. The van der Waals surface area contributed by atoms with E-state index in [0.29, 0.717) is 30.6 Å². The van der Waals surface area contributed by atoms with Crippen molar-refractivity contribution in [3.63, 3.8) is 0 Å². The number of ether oxygens (including phenoxy) is 1. The highest BCUT2D eigenvalue weighted by atomic mass is 16.5. The molecular weight excluding hydrogens is 406 g/mol. The lowest BCUT2D eigenvalue weighted by molar-refractivity contribution is -0.150. The molecule has 2 atom stereocenters. The Bertz CT molecular complexity index is 1230. The predicted molar refractivity (Wildman–Crippen MR) is 124 cm³/mol. The van der Waals surface area contributed by atoms with Gasteiger partial charge in [0.05, 0.1) is 23.4 Å². The first-order valence-electron chi connectivity index (χ1n) is 11.2. The summed E-state index contributed by atoms with van der Waals surface area (Å²) in [5.74, 6) is -0.376. The molecule has 1 aliphatic heterocycles. The minimum absolute atomic E-state index is 0.0944. The molecule has 2 aromatic carbocycles. The van der Waals surface area contributed by atoms with Crippen LogP contribution in [0.25, 0.3) is 10.9 Å². The normalized spacial score (nSPS) is 19.2. The van der Waals surface area contributed by atoms with Crippen LogP contribution in [0.2, 0.25) is 0 Å². The molecule has 1 N–H and O–H groups in total. The molecule has 0 unspecified atom stereocenters. The lowest BCUT2D eigenvalue weighted by atomic mass is 9.80. The second-order valence-corrected chi connectivity index (χ2v) is 8.40. The largest absolute Gasteiger partial charge is 0.466 e. The van der Waals surface area contributed by atoms with E-state index in [1.54, 1.807) is 24.3 Å². The number of nitrogens with zero attached hydrogens (tertiary/aromatic N) is 2. The van der Waals surface area contributed by atoms with Crippen LogP contribution in [-0.4, -0.2) is 46.7 Å². The number of carbonyl (C=O) groups excluding carboxylic acids is 1. The van der Waals surface area contributed by atoms with Gasteiger partial charge < -0.3 is 14.6 Å². The van der Waals surface area contributed by atoms with Crippen LogP contribution in [0.5, 0.6) is 0 Å². The smallest absolute Gasteiger partial charge is 0.328 e. The highest BCUT2D eigenvalue weighted by Crippen LogP contribution is 2.34. The number of carbonyl (C=O) groups is 1. The predicted octanol–water partition coefficient (Wildman–Crippen LogP) is 2.67. The van der Waals surface area contributed by atoms with Gasteiger partial charge >= 0.3 is 11.7 Å². The topological polar surface area (TPSA) is 84.4 Å². The summed E-state index contributed by atoms with van der Waals surface area (Å²) in [5.41, 5.74) is 2.17. The van der Waals surface area contributed by atoms with E-state index in [4.69, 9.17) is 4.74 Å². The standard InChI is InChI=1S/C25H29N3O4/c1-3-32-24(30)21-16-27(12-11-19(21)18-8-6-7-17(2)15-18)13-14-28-23(29)20-9-4-5-10-22(20)26-25(28)31/h4-10,15,19,21H,3,11-14,16H2,1-2H3,(H,26,31)/t19-,21-/m0/s1. The van der Waals surface area contributed by atoms with Crippen molar-refractivity contribution < 1.29 is 9.53 Å². The van der Waals surface area contributed by atoms with Gasteiger partial charge in [0.25, 0.3) is 5.56 Å². The van der Waals surface area contributed by atoms with E-state index in [2.05, 4.69) is 35.0 Å². The van der Waals surface area contributed by atoms with Gasteiger partial charge in [0.2, 0.25) is 0 Å². The molecular formula is C25H29N3O4. The summed E-state index contributed by atoms with van der Waals surface area (Å²) >= 11 is 0. The summed E-state index contributed by atoms with van der Waals surface area (Å²) in [6, 6.07) is 15.3. The van der Waals surface area contributed by atoms with Crippen LogP contribution in [0.4, 0.5) is 0 Å². The molecule has 2 heterocycles. The van der Waals surface area contributed by atoms with Crippen LogP contribution in [0.1, 0.15) is 30.4 Å². The average molecular weight is 436 g/mol. The summed E-state index contributed by atoms with van der Waals surface area (Å²) in [6.45, 7) is 6.32. The van der Waals surface area contributed by atoms with Gasteiger partial charge in [0, 0.05) is 19.6 Å². The van der Waals surface area contributed by atoms with E-state index >= 15 is 0 Å². The molecule has 7 heteroatoms.